The molecule has 0 aromatic heterocycles. The second-order valence-electron chi connectivity index (χ2n) is 6.41. The third-order valence-corrected chi connectivity index (χ3v) is 4.07. The number of amides is 1. The summed E-state index contributed by atoms with van der Waals surface area (Å²) in [5.74, 6) is -0.483. The van der Waals surface area contributed by atoms with Crippen LogP contribution in [0.5, 0.6) is 5.75 Å². The minimum atomic E-state index is -0.588. The number of nitrogens with one attached hydrogen (secondary N) is 1. The van der Waals surface area contributed by atoms with Crippen LogP contribution in [-0.2, 0) is 14.3 Å². The van der Waals surface area contributed by atoms with Gasteiger partial charge in [0.2, 0.25) is 0 Å². The molecule has 0 fully saturated rings. The lowest BCUT2D eigenvalue weighted by atomic mass is 10.1. The number of hydrogen-bond acceptors (Lipinski definition) is 5. The standard InChI is InChI=1S/C22H25NO5/c1-4-27-18-9-7-17(8-10-18)20(24)11-12-22(26)28-14-21(25)23-19-13-15(2)5-6-16(19)3/h5-10,13H,4,11-12,14H2,1-3H3,(H,23,25). The molecule has 0 bridgehead atoms. The van der Waals surface area contributed by atoms with Crippen LogP contribution in [-0.4, -0.2) is 30.9 Å². The largest absolute Gasteiger partial charge is 0.494 e. The first-order valence-electron chi connectivity index (χ1n) is 9.18. The molecule has 28 heavy (non-hydrogen) atoms. The van der Waals surface area contributed by atoms with Crippen molar-refractivity contribution in [1.82, 2.24) is 0 Å². The lowest BCUT2D eigenvalue weighted by Crippen LogP contribution is -2.21. The molecular formula is C22H25NO5. The molecule has 1 N–H and O–H groups in total. The van der Waals surface area contributed by atoms with Crippen molar-refractivity contribution >= 4 is 23.3 Å². The highest BCUT2D eigenvalue weighted by atomic mass is 16.5. The van der Waals surface area contributed by atoms with Crippen LogP contribution in [0.25, 0.3) is 0 Å². The minimum Gasteiger partial charge on any atom is -0.494 e. The van der Waals surface area contributed by atoms with Crippen LogP contribution >= 0.6 is 0 Å². The Kier molecular flexibility index (Phi) is 7.75. The van der Waals surface area contributed by atoms with Crippen LogP contribution in [0.1, 0.15) is 41.3 Å². The molecule has 0 saturated carbocycles. The Morgan fingerprint density at radius 2 is 1.68 bits per heavy atom. The molecule has 0 atom stereocenters. The molecule has 0 aliphatic rings. The quantitative estimate of drug-likeness (QED) is 0.525. The van der Waals surface area contributed by atoms with Crippen molar-refractivity contribution in [2.75, 3.05) is 18.5 Å². The Hall–Kier alpha value is -3.15. The number of ketones is 1. The number of benzene rings is 2. The molecule has 0 aliphatic heterocycles. The van der Waals surface area contributed by atoms with Gasteiger partial charge in [0.25, 0.3) is 5.91 Å². The summed E-state index contributed by atoms with van der Waals surface area (Å²) < 4.78 is 10.3. The van der Waals surface area contributed by atoms with Crippen molar-refractivity contribution < 1.29 is 23.9 Å². The Morgan fingerprint density at radius 3 is 2.36 bits per heavy atom. The molecule has 1 amide bonds. The van der Waals surface area contributed by atoms with Gasteiger partial charge in [-0.05, 0) is 62.2 Å². The maximum Gasteiger partial charge on any atom is 0.306 e. The summed E-state index contributed by atoms with van der Waals surface area (Å²) in [4.78, 5) is 35.9. The van der Waals surface area contributed by atoms with Gasteiger partial charge in [0.1, 0.15) is 5.75 Å². The van der Waals surface area contributed by atoms with E-state index in [2.05, 4.69) is 5.32 Å². The van der Waals surface area contributed by atoms with Crippen LogP contribution in [0.3, 0.4) is 0 Å². The average Bonchev–Trinajstić information content (AvgIpc) is 2.68. The molecule has 0 radical (unpaired) electrons. The van der Waals surface area contributed by atoms with E-state index in [1.54, 1.807) is 24.3 Å². The fourth-order valence-corrected chi connectivity index (χ4v) is 2.54. The molecule has 0 heterocycles. The normalized spacial score (nSPS) is 10.2. The Labute approximate surface area is 164 Å². The van der Waals surface area contributed by atoms with Crippen molar-refractivity contribution in [3.63, 3.8) is 0 Å². The van der Waals surface area contributed by atoms with E-state index >= 15 is 0 Å². The van der Waals surface area contributed by atoms with Crippen molar-refractivity contribution in [1.29, 1.82) is 0 Å². The zero-order valence-corrected chi connectivity index (χ0v) is 16.4. The van der Waals surface area contributed by atoms with Crippen molar-refractivity contribution in [2.24, 2.45) is 0 Å². The fraction of sp³-hybridized carbons (Fsp3) is 0.318. The molecule has 6 nitrogen and oxygen atoms in total. The number of hydrogen-bond donors (Lipinski definition) is 1. The van der Waals surface area contributed by atoms with Gasteiger partial charge in [0.15, 0.2) is 12.4 Å². The van der Waals surface area contributed by atoms with Crippen LogP contribution < -0.4 is 10.1 Å². The van der Waals surface area contributed by atoms with Gasteiger partial charge in [-0.3, -0.25) is 14.4 Å². The van der Waals surface area contributed by atoms with E-state index in [1.807, 2.05) is 39.0 Å². The summed E-state index contributed by atoms with van der Waals surface area (Å²) in [6, 6.07) is 12.5. The first-order valence-corrected chi connectivity index (χ1v) is 9.18. The molecule has 0 saturated heterocycles. The number of carbonyl (C=O) groups excluding carboxylic acids is 3. The van der Waals surface area contributed by atoms with Gasteiger partial charge < -0.3 is 14.8 Å². The zero-order valence-electron chi connectivity index (χ0n) is 16.4. The van der Waals surface area contributed by atoms with E-state index in [4.69, 9.17) is 9.47 Å². The van der Waals surface area contributed by atoms with E-state index in [1.165, 1.54) is 0 Å². The minimum absolute atomic E-state index is 0.0193. The van der Waals surface area contributed by atoms with E-state index in [0.717, 1.165) is 11.1 Å². The van der Waals surface area contributed by atoms with Gasteiger partial charge in [-0.25, -0.2) is 0 Å². The van der Waals surface area contributed by atoms with E-state index in [-0.39, 0.29) is 25.2 Å². The topological polar surface area (TPSA) is 81.7 Å². The van der Waals surface area contributed by atoms with Crippen LogP contribution in [0.4, 0.5) is 5.69 Å². The first kappa shape index (κ1) is 21.2. The summed E-state index contributed by atoms with van der Waals surface area (Å²) in [5.41, 5.74) is 3.13. The Balaban J connectivity index is 1.75. The number of carbonyl (C=O) groups is 3. The van der Waals surface area contributed by atoms with Crippen LogP contribution in [0.15, 0.2) is 42.5 Å². The Morgan fingerprint density at radius 1 is 0.964 bits per heavy atom. The molecule has 2 rings (SSSR count). The highest BCUT2D eigenvalue weighted by Gasteiger charge is 2.13. The van der Waals surface area contributed by atoms with E-state index in [9.17, 15) is 14.4 Å². The predicted octanol–water partition coefficient (Wildman–Crippen LogP) is 3.85. The van der Waals surface area contributed by atoms with Gasteiger partial charge in [0, 0.05) is 17.7 Å². The second-order valence-corrected chi connectivity index (χ2v) is 6.41. The number of anilines is 1. The number of Topliss-reactive ketones (excluding diaryl/α,β-unsaturated/α-hetero) is 1. The maximum atomic E-state index is 12.1. The first-order chi connectivity index (χ1) is 13.4. The summed E-state index contributed by atoms with van der Waals surface area (Å²) in [6.07, 6.45) is -0.0613. The van der Waals surface area contributed by atoms with Crippen molar-refractivity contribution in [3.8, 4) is 5.75 Å². The number of aryl methyl sites for hydroxylation is 2. The number of ether oxygens (including phenoxy) is 2. The molecule has 6 heteroatoms. The fourth-order valence-electron chi connectivity index (χ4n) is 2.54. The summed E-state index contributed by atoms with van der Waals surface area (Å²) >= 11 is 0. The van der Waals surface area contributed by atoms with Gasteiger partial charge >= 0.3 is 5.97 Å². The lowest BCUT2D eigenvalue weighted by Gasteiger charge is -2.10. The number of rotatable bonds is 9. The SMILES string of the molecule is CCOc1ccc(C(=O)CCC(=O)OCC(=O)Nc2cc(C)ccc2C)cc1. The molecule has 2 aromatic carbocycles. The molecule has 0 spiro atoms. The molecule has 2 aromatic rings. The van der Waals surface area contributed by atoms with Crippen LogP contribution in [0.2, 0.25) is 0 Å². The second kappa shape index (κ2) is 10.3. The van der Waals surface area contributed by atoms with E-state index < -0.39 is 11.9 Å². The molecular weight excluding hydrogens is 358 g/mol. The van der Waals surface area contributed by atoms with Gasteiger partial charge in [-0.1, -0.05) is 12.1 Å². The van der Waals surface area contributed by atoms with Gasteiger partial charge in [0.05, 0.1) is 13.0 Å². The predicted molar refractivity (Wildman–Crippen MR) is 107 cm³/mol. The smallest absolute Gasteiger partial charge is 0.306 e. The number of esters is 1. The Bertz CT molecular complexity index is 843. The zero-order chi connectivity index (χ0) is 20.5. The van der Waals surface area contributed by atoms with Crippen molar-refractivity contribution in [2.45, 2.75) is 33.6 Å². The maximum absolute atomic E-state index is 12.1. The summed E-state index contributed by atoms with van der Waals surface area (Å²) in [7, 11) is 0. The molecule has 0 aliphatic carbocycles. The van der Waals surface area contributed by atoms with Gasteiger partial charge in [-0.15, -0.1) is 0 Å². The van der Waals surface area contributed by atoms with Gasteiger partial charge in [-0.2, -0.15) is 0 Å². The lowest BCUT2D eigenvalue weighted by molar-refractivity contribution is -0.147. The molecule has 148 valence electrons. The highest BCUT2D eigenvalue weighted by molar-refractivity contribution is 5.98. The average molecular weight is 383 g/mol. The molecule has 0 unspecified atom stereocenters. The van der Waals surface area contributed by atoms with E-state index in [0.29, 0.717) is 23.6 Å². The summed E-state index contributed by atoms with van der Waals surface area (Å²) in [5, 5.41) is 2.72. The highest BCUT2D eigenvalue weighted by Crippen LogP contribution is 2.16. The third-order valence-electron chi connectivity index (χ3n) is 4.07. The van der Waals surface area contributed by atoms with Crippen molar-refractivity contribution in [3.05, 3.63) is 59.2 Å². The van der Waals surface area contributed by atoms with Crippen LogP contribution in [0, 0.1) is 13.8 Å². The monoisotopic (exact) mass is 383 g/mol. The summed E-state index contributed by atoms with van der Waals surface area (Å²) in [6.45, 7) is 5.86. The third kappa shape index (κ3) is 6.54.